The monoisotopic (exact) mass is 358 g/mol. The standard InChI is InChI=1S/C20H23ClN2O2/c21-18-8-4-5-9-19(18)25-15-14-23-12-10-16(11-13-23)20(24)22-17-6-2-1-3-7-17/h1-9,16H,10-15H2,(H,22,24). The van der Waals surface area contributed by atoms with Crippen molar-refractivity contribution in [3.63, 3.8) is 0 Å². The molecular formula is C20H23ClN2O2. The second-order valence-electron chi connectivity index (χ2n) is 6.25. The molecule has 1 saturated heterocycles. The van der Waals surface area contributed by atoms with E-state index in [4.69, 9.17) is 16.3 Å². The van der Waals surface area contributed by atoms with Gasteiger partial charge in [0.25, 0.3) is 0 Å². The van der Waals surface area contributed by atoms with E-state index in [0.717, 1.165) is 43.9 Å². The Morgan fingerprint density at radius 2 is 1.76 bits per heavy atom. The summed E-state index contributed by atoms with van der Waals surface area (Å²) in [4.78, 5) is 14.7. The van der Waals surface area contributed by atoms with Crippen LogP contribution < -0.4 is 10.1 Å². The first-order chi connectivity index (χ1) is 12.2. The van der Waals surface area contributed by atoms with Crippen LogP contribution in [0.5, 0.6) is 5.75 Å². The number of carbonyl (C=O) groups is 1. The van der Waals surface area contributed by atoms with Gasteiger partial charge in [-0.15, -0.1) is 0 Å². The summed E-state index contributed by atoms with van der Waals surface area (Å²) in [6, 6.07) is 17.1. The average molecular weight is 359 g/mol. The second-order valence-corrected chi connectivity index (χ2v) is 6.66. The fourth-order valence-electron chi connectivity index (χ4n) is 3.03. The molecule has 0 bridgehead atoms. The van der Waals surface area contributed by atoms with Crippen molar-refractivity contribution in [2.24, 2.45) is 5.92 Å². The molecule has 3 rings (SSSR count). The summed E-state index contributed by atoms with van der Waals surface area (Å²) in [6.07, 6.45) is 1.76. The topological polar surface area (TPSA) is 41.6 Å². The Balaban J connectivity index is 1.38. The van der Waals surface area contributed by atoms with Crippen LogP contribution in [-0.4, -0.2) is 37.0 Å². The fourth-order valence-corrected chi connectivity index (χ4v) is 3.22. The van der Waals surface area contributed by atoms with E-state index < -0.39 is 0 Å². The van der Waals surface area contributed by atoms with Crippen LogP contribution in [-0.2, 0) is 4.79 Å². The van der Waals surface area contributed by atoms with Crippen LogP contribution in [0.15, 0.2) is 54.6 Å². The highest BCUT2D eigenvalue weighted by Gasteiger charge is 2.24. The average Bonchev–Trinajstić information content (AvgIpc) is 2.65. The van der Waals surface area contributed by atoms with Crippen molar-refractivity contribution in [3.8, 4) is 5.75 Å². The molecule has 0 spiro atoms. The molecule has 0 atom stereocenters. The molecule has 1 aliphatic rings. The molecule has 0 aromatic heterocycles. The van der Waals surface area contributed by atoms with E-state index in [-0.39, 0.29) is 11.8 Å². The van der Waals surface area contributed by atoms with Gasteiger partial charge in [-0.1, -0.05) is 41.9 Å². The number of piperidine rings is 1. The Hall–Kier alpha value is -2.04. The minimum atomic E-state index is 0.0842. The molecule has 1 fully saturated rings. The van der Waals surface area contributed by atoms with E-state index in [9.17, 15) is 4.79 Å². The first kappa shape index (κ1) is 17.8. The summed E-state index contributed by atoms with van der Waals surface area (Å²) in [5.41, 5.74) is 0.864. The maximum absolute atomic E-state index is 12.3. The van der Waals surface area contributed by atoms with Crippen LogP contribution >= 0.6 is 11.6 Å². The molecule has 4 nitrogen and oxygen atoms in total. The lowest BCUT2D eigenvalue weighted by molar-refractivity contribution is -0.121. The van der Waals surface area contributed by atoms with Gasteiger partial charge < -0.3 is 10.1 Å². The van der Waals surface area contributed by atoms with E-state index in [1.807, 2.05) is 54.6 Å². The number of nitrogens with zero attached hydrogens (tertiary/aromatic N) is 1. The van der Waals surface area contributed by atoms with Gasteiger partial charge in [-0.05, 0) is 50.2 Å². The van der Waals surface area contributed by atoms with Crippen molar-refractivity contribution in [1.82, 2.24) is 4.90 Å². The highest BCUT2D eigenvalue weighted by Crippen LogP contribution is 2.23. The van der Waals surface area contributed by atoms with E-state index >= 15 is 0 Å². The third kappa shape index (κ3) is 5.21. The molecule has 1 heterocycles. The number of amides is 1. The molecule has 1 aliphatic heterocycles. The minimum absolute atomic E-state index is 0.0842. The number of para-hydroxylation sites is 2. The number of benzene rings is 2. The van der Waals surface area contributed by atoms with Gasteiger partial charge in [0.05, 0.1) is 5.02 Å². The SMILES string of the molecule is O=C(Nc1ccccc1)C1CCN(CCOc2ccccc2Cl)CC1. The number of hydrogen-bond acceptors (Lipinski definition) is 3. The van der Waals surface area contributed by atoms with Gasteiger partial charge in [-0.25, -0.2) is 0 Å². The highest BCUT2D eigenvalue weighted by molar-refractivity contribution is 6.32. The second kappa shape index (κ2) is 8.88. The van der Waals surface area contributed by atoms with Gasteiger partial charge in [0.1, 0.15) is 12.4 Å². The molecule has 0 radical (unpaired) electrons. The number of likely N-dealkylation sites (tertiary alicyclic amines) is 1. The van der Waals surface area contributed by atoms with Crippen LogP contribution in [0.2, 0.25) is 5.02 Å². The summed E-state index contributed by atoms with van der Waals surface area (Å²) in [6.45, 7) is 3.28. The molecule has 5 heteroatoms. The van der Waals surface area contributed by atoms with Gasteiger partial charge in [0, 0.05) is 18.2 Å². The summed E-state index contributed by atoms with van der Waals surface area (Å²) < 4.78 is 5.74. The van der Waals surface area contributed by atoms with Crippen LogP contribution in [0.25, 0.3) is 0 Å². The van der Waals surface area contributed by atoms with Crippen LogP contribution in [0.4, 0.5) is 5.69 Å². The number of nitrogens with one attached hydrogen (secondary N) is 1. The summed E-state index contributed by atoms with van der Waals surface area (Å²) in [5.74, 6) is 0.931. The summed E-state index contributed by atoms with van der Waals surface area (Å²) in [5, 5.41) is 3.64. The maximum atomic E-state index is 12.3. The Kier molecular flexibility index (Phi) is 6.31. The van der Waals surface area contributed by atoms with E-state index in [1.165, 1.54) is 0 Å². The number of hydrogen-bond donors (Lipinski definition) is 1. The molecular weight excluding hydrogens is 336 g/mol. The van der Waals surface area contributed by atoms with Gasteiger partial charge >= 0.3 is 0 Å². The highest BCUT2D eigenvalue weighted by atomic mass is 35.5. The fraction of sp³-hybridized carbons (Fsp3) is 0.350. The van der Waals surface area contributed by atoms with Crippen molar-refractivity contribution < 1.29 is 9.53 Å². The lowest BCUT2D eigenvalue weighted by atomic mass is 9.96. The van der Waals surface area contributed by atoms with E-state index in [1.54, 1.807) is 0 Å². The summed E-state index contributed by atoms with van der Waals surface area (Å²) in [7, 11) is 0. The largest absolute Gasteiger partial charge is 0.491 e. The van der Waals surface area contributed by atoms with Crippen molar-refractivity contribution in [1.29, 1.82) is 0 Å². The number of rotatable bonds is 6. The molecule has 1 amide bonds. The first-order valence-corrected chi connectivity index (χ1v) is 9.06. The molecule has 0 unspecified atom stereocenters. The minimum Gasteiger partial charge on any atom is -0.491 e. The van der Waals surface area contributed by atoms with Crippen LogP contribution in [0.1, 0.15) is 12.8 Å². The first-order valence-electron chi connectivity index (χ1n) is 8.68. The number of anilines is 1. The predicted molar refractivity (Wildman–Crippen MR) is 101 cm³/mol. The molecule has 132 valence electrons. The van der Waals surface area contributed by atoms with Gasteiger partial charge in [-0.3, -0.25) is 9.69 Å². The predicted octanol–water partition coefficient (Wildman–Crippen LogP) is 4.07. The maximum Gasteiger partial charge on any atom is 0.227 e. The van der Waals surface area contributed by atoms with E-state index in [2.05, 4.69) is 10.2 Å². The van der Waals surface area contributed by atoms with E-state index in [0.29, 0.717) is 11.6 Å². The van der Waals surface area contributed by atoms with Crippen LogP contribution in [0, 0.1) is 5.92 Å². The third-order valence-electron chi connectivity index (χ3n) is 4.50. The molecule has 25 heavy (non-hydrogen) atoms. The zero-order chi connectivity index (χ0) is 17.5. The Morgan fingerprint density at radius 1 is 1.08 bits per heavy atom. The Bertz CT molecular complexity index is 685. The number of carbonyl (C=O) groups excluding carboxylic acids is 1. The van der Waals surface area contributed by atoms with Crippen molar-refractivity contribution in [3.05, 3.63) is 59.6 Å². The van der Waals surface area contributed by atoms with Gasteiger partial charge in [0.15, 0.2) is 0 Å². The zero-order valence-electron chi connectivity index (χ0n) is 14.2. The van der Waals surface area contributed by atoms with Crippen LogP contribution in [0.3, 0.4) is 0 Å². The lowest BCUT2D eigenvalue weighted by Crippen LogP contribution is -2.39. The molecule has 0 saturated carbocycles. The smallest absolute Gasteiger partial charge is 0.227 e. The number of halogens is 1. The third-order valence-corrected chi connectivity index (χ3v) is 4.81. The Labute approximate surface area is 153 Å². The lowest BCUT2D eigenvalue weighted by Gasteiger charge is -2.31. The van der Waals surface area contributed by atoms with Crippen molar-refractivity contribution >= 4 is 23.2 Å². The van der Waals surface area contributed by atoms with Crippen molar-refractivity contribution in [2.75, 3.05) is 31.6 Å². The van der Waals surface area contributed by atoms with Gasteiger partial charge in [-0.2, -0.15) is 0 Å². The molecule has 2 aromatic rings. The van der Waals surface area contributed by atoms with Crippen molar-refractivity contribution in [2.45, 2.75) is 12.8 Å². The summed E-state index contributed by atoms with van der Waals surface area (Å²) >= 11 is 6.08. The molecule has 2 aromatic carbocycles. The van der Waals surface area contributed by atoms with Gasteiger partial charge in [0.2, 0.25) is 5.91 Å². The number of ether oxygens (including phenoxy) is 1. The normalized spacial score (nSPS) is 15.7. The Morgan fingerprint density at radius 3 is 2.48 bits per heavy atom. The zero-order valence-corrected chi connectivity index (χ0v) is 14.9. The quantitative estimate of drug-likeness (QED) is 0.846. The molecule has 0 aliphatic carbocycles. The molecule has 1 N–H and O–H groups in total.